The molecule has 3 aliphatic rings. The largest absolute Gasteiger partial charge is 0.497 e. The lowest BCUT2D eigenvalue weighted by Gasteiger charge is -2.32. The fourth-order valence-corrected chi connectivity index (χ4v) is 5.71. The first kappa shape index (κ1) is 24.7. The van der Waals surface area contributed by atoms with Crippen molar-refractivity contribution in [2.75, 3.05) is 38.2 Å². The Morgan fingerprint density at radius 1 is 1.03 bits per heavy atom. The van der Waals surface area contributed by atoms with Crippen LogP contribution in [0, 0.1) is 5.92 Å². The van der Waals surface area contributed by atoms with Gasteiger partial charge in [-0.2, -0.15) is 0 Å². The number of Topliss-reactive ketones (excluding diaryl/α,β-unsaturated/α-hetero) is 1. The summed E-state index contributed by atoms with van der Waals surface area (Å²) in [7, 11) is 1.71. The second kappa shape index (κ2) is 10.9. The smallest absolute Gasteiger partial charge is 0.227 e. The van der Waals surface area contributed by atoms with Gasteiger partial charge < -0.3 is 14.5 Å². The molecule has 0 radical (unpaired) electrons. The molecule has 1 saturated heterocycles. The number of ketones is 1. The summed E-state index contributed by atoms with van der Waals surface area (Å²) < 4.78 is 5.33. The minimum atomic E-state index is 0. The van der Waals surface area contributed by atoms with Crippen molar-refractivity contribution in [1.82, 2.24) is 4.90 Å². The predicted molar refractivity (Wildman–Crippen MR) is 137 cm³/mol. The van der Waals surface area contributed by atoms with Crippen LogP contribution in [0.1, 0.15) is 59.2 Å². The Bertz CT molecular complexity index is 1050. The molecular weight excluding hydrogens is 448 g/mol. The standard InChI is InChI=1S/C28H34N2O3.ClH/c1-33-25-4-2-3-21(17-25)11-15-29-13-9-20(10-14-29)5-7-26(31)24-18-22-6-8-27(32)30-16-12-23(19-24)28(22)30;/h2-4,17-20H,5-16H2,1H3;1H. The number of hydrogen-bond donors (Lipinski definition) is 0. The Labute approximate surface area is 208 Å². The number of methoxy groups -OCH3 is 1. The number of carbonyl (C=O) groups is 2. The summed E-state index contributed by atoms with van der Waals surface area (Å²) in [4.78, 5) is 29.6. The van der Waals surface area contributed by atoms with Crippen LogP contribution in [0.3, 0.4) is 0 Å². The lowest BCUT2D eigenvalue weighted by Crippen LogP contribution is -2.35. The lowest BCUT2D eigenvalue weighted by molar-refractivity contribution is -0.118. The summed E-state index contributed by atoms with van der Waals surface area (Å²) in [5.74, 6) is 2.07. The molecule has 0 aliphatic carbocycles. The number of likely N-dealkylation sites (tertiary alicyclic amines) is 1. The Kier molecular flexibility index (Phi) is 7.95. The maximum atomic E-state index is 13.0. The van der Waals surface area contributed by atoms with Crippen molar-refractivity contribution < 1.29 is 14.3 Å². The molecule has 182 valence electrons. The molecule has 0 N–H and O–H groups in total. The summed E-state index contributed by atoms with van der Waals surface area (Å²) >= 11 is 0. The molecule has 0 aromatic heterocycles. The summed E-state index contributed by atoms with van der Waals surface area (Å²) in [6.45, 7) is 4.09. The van der Waals surface area contributed by atoms with Gasteiger partial charge in [0.25, 0.3) is 0 Å². The average Bonchev–Trinajstić information content (AvgIpc) is 3.29. The van der Waals surface area contributed by atoms with E-state index in [-0.39, 0.29) is 24.1 Å². The normalized spacial score (nSPS) is 17.9. The number of rotatable bonds is 8. The molecule has 1 amide bonds. The van der Waals surface area contributed by atoms with E-state index in [4.69, 9.17) is 4.74 Å². The van der Waals surface area contributed by atoms with E-state index in [0.717, 1.165) is 68.9 Å². The molecule has 1 fully saturated rings. The maximum absolute atomic E-state index is 13.0. The second-order valence-corrected chi connectivity index (χ2v) is 9.79. The molecule has 34 heavy (non-hydrogen) atoms. The molecule has 3 aliphatic heterocycles. The van der Waals surface area contributed by atoms with Gasteiger partial charge in [0.1, 0.15) is 5.75 Å². The summed E-state index contributed by atoms with van der Waals surface area (Å²) in [5, 5.41) is 0. The molecule has 3 heterocycles. The molecule has 0 spiro atoms. The van der Waals surface area contributed by atoms with Gasteiger partial charge in [-0.1, -0.05) is 12.1 Å². The number of amides is 1. The van der Waals surface area contributed by atoms with E-state index in [1.165, 1.54) is 29.5 Å². The number of ether oxygens (including phenoxy) is 1. The van der Waals surface area contributed by atoms with E-state index >= 15 is 0 Å². The minimum Gasteiger partial charge on any atom is -0.497 e. The van der Waals surface area contributed by atoms with Crippen molar-refractivity contribution in [2.45, 2.75) is 51.4 Å². The number of nitrogens with zero attached hydrogens (tertiary/aromatic N) is 2. The first-order valence-electron chi connectivity index (χ1n) is 12.5. The Morgan fingerprint density at radius 3 is 2.56 bits per heavy atom. The van der Waals surface area contributed by atoms with E-state index in [2.05, 4.69) is 35.2 Å². The van der Waals surface area contributed by atoms with Crippen LogP contribution in [0.5, 0.6) is 5.75 Å². The van der Waals surface area contributed by atoms with Gasteiger partial charge in [0.15, 0.2) is 5.78 Å². The van der Waals surface area contributed by atoms with Crippen LogP contribution < -0.4 is 9.64 Å². The van der Waals surface area contributed by atoms with Crippen LogP contribution in [0.15, 0.2) is 36.4 Å². The highest BCUT2D eigenvalue weighted by molar-refractivity contribution is 6.02. The van der Waals surface area contributed by atoms with Crippen LogP contribution in [-0.2, 0) is 24.1 Å². The first-order valence-corrected chi connectivity index (χ1v) is 12.5. The molecule has 5 nitrogen and oxygen atoms in total. The van der Waals surface area contributed by atoms with Crippen LogP contribution in [0.25, 0.3) is 0 Å². The van der Waals surface area contributed by atoms with Crippen LogP contribution in [0.4, 0.5) is 5.69 Å². The third-order valence-electron chi connectivity index (χ3n) is 7.71. The fraction of sp³-hybridized carbons (Fsp3) is 0.500. The summed E-state index contributed by atoms with van der Waals surface area (Å²) in [6, 6.07) is 12.5. The molecule has 2 aromatic carbocycles. The SMILES string of the molecule is COc1cccc(CCN2CCC(CCC(=O)c3cc4c5c(c3)CCN5C(=O)CC4)CC2)c1.Cl. The Hall–Kier alpha value is -2.37. The highest BCUT2D eigenvalue weighted by Crippen LogP contribution is 2.38. The monoisotopic (exact) mass is 482 g/mol. The zero-order valence-electron chi connectivity index (χ0n) is 20.1. The highest BCUT2D eigenvalue weighted by Gasteiger charge is 2.32. The third-order valence-corrected chi connectivity index (χ3v) is 7.71. The van der Waals surface area contributed by atoms with Gasteiger partial charge in [-0.3, -0.25) is 9.59 Å². The van der Waals surface area contributed by atoms with E-state index < -0.39 is 0 Å². The molecule has 2 aromatic rings. The van der Waals surface area contributed by atoms with E-state index in [9.17, 15) is 9.59 Å². The van der Waals surface area contributed by atoms with Gasteiger partial charge >= 0.3 is 0 Å². The second-order valence-electron chi connectivity index (χ2n) is 9.79. The average molecular weight is 483 g/mol. The fourth-order valence-electron chi connectivity index (χ4n) is 5.71. The van der Waals surface area contributed by atoms with E-state index in [1.807, 2.05) is 11.0 Å². The van der Waals surface area contributed by atoms with Crippen LogP contribution in [-0.4, -0.2) is 49.9 Å². The zero-order valence-corrected chi connectivity index (χ0v) is 20.9. The number of piperidine rings is 1. The van der Waals surface area contributed by atoms with Crippen molar-refractivity contribution in [3.63, 3.8) is 0 Å². The summed E-state index contributed by atoms with van der Waals surface area (Å²) in [6.07, 6.45) is 7.24. The number of anilines is 1. The van der Waals surface area contributed by atoms with Crippen LogP contribution >= 0.6 is 12.4 Å². The van der Waals surface area contributed by atoms with Gasteiger partial charge in [-0.05, 0) is 98.5 Å². The molecule has 0 atom stereocenters. The lowest BCUT2D eigenvalue weighted by atomic mass is 9.89. The van der Waals surface area contributed by atoms with Gasteiger partial charge in [0.2, 0.25) is 5.91 Å². The highest BCUT2D eigenvalue weighted by atomic mass is 35.5. The molecular formula is C28H35ClN2O3. The number of halogens is 1. The van der Waals surface area contributed by atoms with E-state index in [0.29, 0.717) is 18.8 Å². The van der Waals surface area contributed by atoms with Gasteiger partial charge in [-0.25, -0.2) is 0 Å². The first-order chi connectivity index (χ1) is 16.1. The number of hydrogen-bond acceptors (Lipinski definition) is 4. The molecule has 0 saturated carbocycles. The number of benzene rings is 2. The maximum Gasteiger partial charge on any atom is 0.227 e. The van der Waals surface area contributed by atoms with Gasteiger partial charge in [-0.15, -0.1) is 12.4 Å². The summed E-state index contributed by atoms with van der Waals surface area (Å²) in [5.41, 5.74) is 5.66. The van der Waals surface area contributed by atoms with E-state index in [1.54, 1.807) is 7.11 Å². The van der Waals surface area contributed by atoms with Gasteiger partial charge in [0, 0.05) is 31.5 Å². The Balaban J connectivity index is 0.00000274. The Morgan fingerprint density at radius 2 is 1.79 bits per heavy atom. The van der Waals surface area contributed by atoms with Crippen LogP contribution in [0.2, 0.25) is 0 Å². The van der Waals surface area contributed by atoms with Crippen molar-refractivity contribution >= 4 is 29.8 Å². The third kappa shape index (κ3) is 5.31. The van der Waals surface area contributed by atoms with Crippen molar-refractivity contribution in [3.05, 3.63) is 58.7 Å². The minimum absolute atomic E-state index is 0. The molecule has 5 rings (SSSR count). The van der Waals surface area contributed by atoms with Crippen molar-refractivity contribution in [3.8, 4) is 5.75 Å². The number of aryl methyl sites for hydroxylation is 1. The molecule has 0 unspecified atom stereocenters. The zero-order chi connectivity index (χ0) is 22.8. The molecule has 6 heteroatoms. The number of carbonyl (C=O) groups excluding carboxylic acids is 2. The van der Waals surface area contributed by atoms with Crippen molar-refractivity contribution in [1.29, 1.82) is 0 Å². The topological polar surface area (TPSA) is 49.9 Å². The quantitative estimate of drug-likeness (QED) is 0.504. The van der Waals surface area contributed by atoms with Gasteiger partial charge in [0.05, 0.1) is 12.8 Å². The van der Waals surface area contributed by atoms with Crippen molar-refractivity contribution in [2.24, 2.45) is 5.92 Å². The predicted octanol–water partition coefficient (Wildman–Crippen LogP) is 4.87. The molecule has 0 bridgehead atoms.